The standard InChI is InChI=1S/C24H28N8O2/c1-12-8-15-20-17(11-31(4)30-20)13(2)32(5)21(15)22(27-12)28-18-9-19(29-23(33)14-6-7-14)26-10-16(18)24(34)25-3/h8-11,13-14H,6-7H2,1-5H3,(H,25,34)(H2,26,27,28,29,33)/t13-/m1/s1/i3D3. The number of nitrogens with zero attached hydrogens (tertiary/aromatic N) is 5. The average Bonchev–Trinajstić information content (AvgIpc) is 3.57. The van der Waals surface area contributed by atoms with Gasteiger partial charge in [-0.1, -0.05) is 0 Å². The van der Waals surface area contributed by atoms with Crippen molar-refractivity contribution in [2.75, 3.05) is 29.6 Å². The van der Waals surface area contributed by atoms with Crippen molar-refractivity contribution >= 4 is 34.8 Å². The lowest BCUT2D eigenvalue weighted by atomic mass is 9.95. The van der Waals surface area contributed by atoms with Crippen LogP contribution in [0.3, 0.4) is 0 Å². The van der Waals surface area contributed by atoms with Crippen molar-refractivity contribution in [2.24, 2.45) is 13.0 Å². The number of aryl methyl sites for hydroxylation is 2. The van der Waals surface area contributed by atoms with Crippen LogP contribution in [0.1, 0.15) is 51.5 Å². The molecule has 10 heteroatoms. The number of nitrogens with one attached hydrogen (secondary N) is 3. The Labute approximate surface area is 202 Å². The molecule has 1 aliphatic carbocycles. The van der Waals surface area contributed by atoms with Crippen molar-refractivity contribution in [1.29, 1.82) is 0 Å². The Morgan fingerprint density at radius 2 is 2.03 bits per heavy atom. The first-order chi connectivity index (χ1) is 17.4. The molecule has 3 aromatic heterocycles. The SMILES string of the molecule is [2H]C([2H])([2H])NC(=O)c1cnc(NC(=O)C2CC2)cc1Nc1nc(C)cc2c1N(C)[C@H](C)c1cn(C)nc1-2. The van der Waals surface area contributed by atoms with Gasteiger partial charge in [0.15, 0.2) is 5.82 Å². The third-order valence-electron chi connectivity index (χ3n) is 6.33. The summed E-state index contributed by atoms with van der Waals surface area (Å²) in [5, 5.41) is 12.7. The van der Waals surface area contributed by atoms with Crippen LogP contribution in [0.25, 0.3) is 11.3 Å². The maximum Gasteiger partial charge on any atom is 0.254 e. The first kappa shape index (κ1) is 18.5. The third-order valence-corrected chi connectivity index (χ3v) is 6.33. The van der Waals surface area contributed by atoms with Crippen molar-refractivity contribution in [3.63, 3.8) is 0 Å². The molecular formula is C24H28N8O2. The van der Waals surface area contributed by atoms with Gasteiger partial charge in [0.25, 0.3) is 5.91 Å². The summed E-state index contributed by atoms with van der Waals surface area (Å²) in [5.41, 5.74) is 4.59. The van der Waals surface area contributed by atoms with Crippen molar-refractivity contribution in [3.8, 4) is 11.3 Å². The lowest BCUT2D eigenvalue weighted by Gasteiger charge is -2.34. The second-order valence-electron chi connectivity index (χ2n) is 8.86. The Kier molecular flexibility index (Phi) is 4.41. The smallest absolute Gasteiger partial charge is 0.254 e. The maximum absolute atomic E-state index is 12.9. The van der Waals surface area contributed by atoms with Crippen molar-refractivity contribution < 1.29 is 13.7 Å². The lowest BCUT2D eigenvalue weighted by molar-refractivity contribution is -0.117. The summed E-state index contributed by atoms with van der Waals surface area (Å²) in [7, 11) is 3.83. The molecule has 0 saturated heterocycles. The minimum atomic E-state index is -2.68. The molecule has 4 heterocycles. The van der Waals surface area contributed by atoms with Gasteiger partial charge in [0.2, 0.25) is 5.91 Å². The summed E-state index contributed by atoms with van der Waals surface area (Å²) in [6.07, 6.45) is 4.90. The topological polar surface area (TPSA) is 117 Å². The fourth-order valence-electron chi connectivity index (χ4n) is 4.29. The Morgan fingerprint density at radius 3 is 2.76 bits per heavy atom. The van der Waals surface area contributed by atoms with E-state index >= 15 is 0 Å². The van der Waals surface area contributed by atoms with Gasteiger partial charge in [-0.2, -0.15) is 5.10 Å². The van der Waals surface area contributed by atoms with Gasteiger partial charge in [0.1, 0.15) is 5.82 Å². The Bertz CT molecular complexity index is 1410. The van der Waals surface area contributed by atoms with Gasteiger partial charge in [0, 0.05) is 66.4 Å². The summed E-state index contributed by atoms with van der Waals surface area (Å²) in [4.78, 5) is 36.2. The number of fused-ring (bicyclic) bond motifs is 3. The van der Waals surface area contributed by atoms with Gasteiger partial charge in [-0.25, -0.2) is 9.97 Å². The normalized spacial score (nSPS) is 18.2. The first-order valence-corrected chi connectivity index (χ1v) is 11.1. The molecule has 1 fully saturated rings. The summed E-state index contributed by atoms with van der Waals surface area (Å²) >= 11 is 0. The van der Waals surface area contributed by atoms with Crippen LogP contribution in [0.2, 0.25) is 0 Å². The fraction of sp³-hybridized carbons (Fsp3) is 0.375. The van der Waals surface area contributed by atoms with Crippen LogP contribution < -0.4 is 20.9 Å². The molecule has 0 unspecified atom stereocenters. The van der Waals surface area contributed by atoms with Crippen LogP contribution >= 0.6 is 0 Å². The van der Waals surface area contributed by atoms with Gasteiger partial charge in [-0.15, -0.1) is 0 Å². The van der Waals surface area contributed by atoms with E-state index in [-0.39, 0.29) is 34.9 Å². The van der Waals surface area contributed by atoms with E-state index in [0.29, 0.717) is 5.82 Å². The molecule has 10 nitrogen and oxygen atoms in total. The third kappa shape index (κ3) is 3.74. The molecule has 34 heavy (non-hydrogen) atoms. The van der Waals surface area contributed by atoms with Crippen LogP contribution in [0.4, 0.5) is 23.0 Å². The molecule has 3 aromatic rings. The number of amides is 2. The lowest BCUT2D eigenvalue weighted by Crippen LogP contribution is -2.27. The van der Waals surface area contributed by atoms with E-state index in [4.69, 9.17) is 9.10 Å². The monoisotopic (exact) mass is 463 g/mol. The fourth-order valence-corrected chi connectivity index (χ4v) is 4.29. The zero-order chi connectivity index (χ0) is 26.6. The zero-order valence-electron chi connectivity index (χ0n) is 22.4. The number of carbonyl (C=O) groups excluding carboxylic acids is 2. The molecular weight excluding hydrogens is 432 g/mol. The molecule has 0 spiro atoms. The van der Waals surface area contributed by atoms with Crippen molar-refractivity contribution in [1.82, 2.24) is 25.1 Å². The minimum absolute atomic E-state index is 0.00244. The Balaban J connectivity index is 1.60. The molecule has 176 valence electrons. The van der Waals surface area contributed by atoms with Gasteiger partial charge >= 0.3 is 0 Å². The van der Waals surface area contributed by atoms with Crippen LogP contribution in [0.5, 0.6) is 0 Å². The number of rotatable bonds is 5. The van der Waals surface area contributed by atoms with Crippen LogP contribution in [-0.2, 0) is 11.8 Å². The quantitative estimate of drug-likeness (QED) is 0.532. The van der Waals surface area contributed by atoms with E-state index in [9.17, 15) is 9.59 Å². The molecule has 1 aliphatic heterocycles. The van der Waals surface area contributed by atoms with Gasteiger partial charge in [-0.3, -0.25) is 14.3 Å². The number of anilines is 4. The highest BCUT2D eigenvalue weighted by Gasteiger charge is 2.32. The highest BCUT2D eigenvalue weighted by atomic mass is 16.2. The van der Waals surface area contributed by atoms with Crippen molar-refractivity contribution in [2.45, 2.75) is 32.7 Å². The largest absolute Gasteiger partial charge is 0.364 e. The summed E-state index contributed by atoms with van der Waals surface area (Å²) in [6, 6.07) is 3.49. The molecule has 2 amide bonds. The molecule has 0 bridgehead atoms. The summed E-state index contributed by atoms with van der Waals surface area (Å²) in [6.45, 7) is 1.25. The number of hydrogen-bond acceptors (Lipinski definition) is 7. The predicted octanol–water partition coefficient (Wildman–Crippen LogP) is 3.15. The first-order valence-electron chi connectivity index (χ1n) is 12.6. The van der Waals surface area contributed by atoms with Gasteiger partial charge in [0.05, 0.1) is 28.7 Å². The molecule has 5 rings (SSSR count). The molecule has 3 N–H and O–H groups in total. The second-order valence-corrected chi connectivity index (χ2v) is 8.86. The van der Waals surface area contributed by atoms with E-state index in [1.54, 1.807) is 4.68 Å². The highest BCUT2D eigenvalue weighted by Crippen LogP contribution is 2.47. The number of hydrogen-bond donors (Lipinski definition) is 3. The zero-order valence-corrected chi connectivity index (χ0v) is 19.4. The summed E-state index contributed by atoms with van der Waals surface area (Å²) < 4.78 is 24.1. The number of carbonyl (C=O) groups is 2. The number of aromatic nitrogens is 4. The summed E-state index contributed by atoms with van der Waals surface area (Å²) in [5.74, 6) is -0.287. The van der Waals surface area contributed by atoms with Crippen molar-refractivity contribution in [3.05, 3.63) is 41.3 Å². The highest BCUT2D eigenvalue weighted by molar-refractivity contribution is 6.02. The molecule has 1 saturated carbocycles. The van der Waals surface area contributed by atoms with E-state index < -0.39 is 12.9 Å². The molecule has 0 radical (unpaired) electrons. The molecule has 1 atom stereocenters. The van der Waals surface area contributed by atoms with E-state index in [2.05, 4.69) is 32.5 Å². The van der Waals surface area contributed by atoms with E-state index in [0.717, 1.165) is 41.0 Å². The maximum atomic E-state index is 12.9. The van der Waals surface area contributed by atoms with E-state index in [1.807, 2.05) is 38.6 Å². The van der Waals surface area contributed by atoms with Crippen LogP contribution in [0.15, 0.2) is 24.5 Å². The van der Waals surface area contributed by atoms with E-state index in [1.165, 1.54) is 12.3 Å². The van der Waals surface area contributed by atoms with Crippen LogP contribution in [0, 0.1) is 12.8 Å². The van der Waals surface area contributed by atoms with Crippen LogP contribution in [-0.4, -0.2) is 45.6 Å². The predicted molar refractivity (Wildman–Crippen MR) is 130 cm³/mol. The molecule has 0 aromatic carbocycles. The second kappa shape index (κ2) is 8.12. The van der Waals surface area contributed by atoms with Gasteiger partial charge in [-0.05, 0) is 32.8 Å². The number of pyridine rings is 2. The Hall–Kier alpha value is -3.95. The van der Waals surface area contributed by atoms with Gasteiger partial charge < -0.3 is 20.9 Å². The minimum Gasteiger partial charge on any atom is -0.364 e. The average molecular weight is 464 g/mol. The Morgan fingerprint density at radius 1 is 1.24 bits per heavy atom. The molecule has 2 aliphatic rings.